The quantitative estimate of drug-likeness (QED) is 0.526. The fourth-order valence-electron chi connectivity index (χ4n) is 2.36. The molecule has 1 aliphatic heterocycles. The molecule has 3 rings (SSSR count). The van der Waals surface area contributed by atoms with Crippen LogP contribution in [0.5, 0.6) is 5.75 Å². The first-order valence-electron chi connectivity index (χ1n) is 6.59. The highest BCUT2D eigenvalue weighted by molar-refractivity contribution is 5.79. The van der Waals surface area contributed by atoms with Crippen molar-refractivity contribution in [1.82, 2.24) is 0 Å². The van der Waals surface area contributed by atoms with Crippen LogP contribution in [0, 0.1) is 5.82 Å². The van der Waals surface area contributed by atoms with Crippen LogP contribution in [-0.4, -0.2) is 19.2 Å². The molecule has 0 amide bonds. The number of para-hydroxylation sites is 1. The molecular weight excluding hydrogens is 271 g/mol. The third-order valence-corrected chi connectivity index (χ3v) is 3.33. The van der Waals surface area contributed by atoms with Crippen LogP contribution in [0.4, 0.5) is 10.1 Å². The Hall–Kier alpha value is -2.72. The van der Waals surface area contributed by atoms with Crippen LogP contribution in [-0.2, 0) is 0 Å². The van der Waals surface area contributed by atoms with E-state index in [0.717, 1.165) is 5.69 Å². The number of hydrogen-bond donors (Lipinski definition) is 1. The van der Waals surface area contributed by atoms with Gasteiger partial charge in [0.25, 0.3) is 0 Å². The van der Waals surface area contributed by atoms with E-state index >= 15 is 0 Å². The molecule has 0 aliphatic carbocycles. The fourth-order valence-corrected chi connectivity index (χ4v) is 2.36. The molecule has 1 atom stereocenters. The van der Waals surface area contributed by atoms with Crippen LogP contribution < -0.4 is 10.1 Å². The van der Waals surface area contributed by atoms with Gasteiger partial charge in [-0.3, -0.25) is 0 Å². The number of nitrogens with zero attached hydrogens (tertiary/aromatic N) is 3. The Labute approximate surface area is 121 Å². The number of anilines is 1. The Morgan fingerprint density at radius 3 is 2.86 bits per heavy atom. The van der Waals surface area contributed by atoms with Gasteiger partial charge in [-0.15, -0.1) is 0 Å². The summed E-state index contributed by atoms with van der Waals surface area (Å²) in [5.41, 5.74) is 10.4. The van der Waals surface area contributed by atoms with Gasteiger partial charge in [0.1, 0.15) is 11.9 Å². The Kier molecular flexibility index (Phi) is 3.62. The number of nitrogens with one attached hydrogen (secondary N) is 1. The molecule has 106 valence electrons. The highest BCUT2D eigenvalue weighted by atomic mass is 19.1. The van der Waals surface area contributed by atoms with Crippen molar-refractivity contribution >= 4 is 5.69 Å². The summed E-state index contributed by atoms with van der Waals surface area (Å²) in [6.07, 6.45) is -0.263. The van der Waals surface area contributed by atoms with E-state index in [0.29, 0.717) is 23.4 Å². The molecule has 0 radical (unpaired) electrons. The zero-order chi connectivity index (χ0) is 14.7. The van der Waals surface area contributed by atoms with Gasteiger partial charge < -0.3 is 10.1 Å². The molecule has 6 heteroatoms. The maximum absolute atomic E-state index is 14.0. The third kappa shape index (κ3) is 2.61. The third-order valence-electron chi connectivity index (χ3n) is 3.33. The molecule has 1 aliphatic rings. The molecule has 1 N–H and O–H groups in total. The molecule has 0 fully saturated rings. The van der Waals surface area contributed by atoms with Crippen molar-refractivity contribution in [3.8, 4) is 16.9 Å². The van der Waals surface area contributed by atoms with Crippen LogP contribution in [0.1, 0.15) is 0 Å². The van der Waals surface area contributed by atoms with Gasteiger partial charge in [-0.1, -0.05) is 35.4 Å². The zero-order valence-electron chi connectivity index (χ0n) is 11.2. The summed E-state index contributed by atoms with van der Waals surface area (Å²) in [7, 11) is 0. The predicted octanol–water partition coefficient (Wildman–Crippen LogP) is 3.98. The van der Waals surface area contributed by atoms with Crippen molar-refractivity contribution < 1.29 is 9.13 Å². The van der Waals surface area contributed by atoms with Gasteiger partial charge in [-0.25, -0.2) is 4.39 Å². The summed E-state index contributed by atoms with van der Waals surface area (Å²) < 4.78 is 19.9. The first-order chi connectivity index (χ1) is 10.3. The molecule has 0 unspecified atom stereocenters. The molecule has 1 heterocycles. The van der Waals surface area contributed by atoms with Crippen molar-refractivity contribution in [2.45, 2.75) is 6.10 Å². The van der Waals surface area contributed by atoms with Gasteiger partial charge >= 0.3 is 0 Å². The zero-order valence-corrected chi connectivity index (χ0v) is 11.2. The molecule has 21 heavy (non-hydrogen) atoms. The van der Waals surface area contributed by atoms with E-state index in [1.165, 1.54) is 6.07 Å². The SMILES string of the molecule is [N-]=[N+]=NC[C@@H]1CNc2cccc(-c3ccccc3F)c2O1. The summed E-state index contributed by atoms with van der Waals surface area (Å²) in [5, 5.41) is 6.75. The first-order valence-corrected chi connectivity index (χ1v) is 6.59. The Bertz CT molecular complexity index is 713. The monoisotopic (exact) mass is 284 g/mol. The van der Waals surface area contributed by atoms with Crippen LogP contribution >= 0.6 is 0 Å². The van der Waals surface area contributed by atoms with Gasteiger partial charge in [-0.05, 0) is 17.7 Å². The van der Waals surface area contributed by atoms with Gasteiger partial charge in [0.15, 0.2) is 5.75 Å². The summed E-state index contributed by atoms with van der Waals surface area (Å²) in [6.45, 7) is 0.779. The minimum Gasteiger partial charge on any atom is -0.486 e. The van der Waals surface area contributed by atoms with Crippen molar-refractivity contribution in [1.29, 1.82) is 0 Å². The highest BCUT2D eigenvalue weighted by Crippen LogP contribution is 2.40. The number of halogens is 1. The Morgan fingerprint density at radius 2 is 2.05 bits per heavy atom. The van der Waals surface area contributed by atoms with Crippen molar-refractivity contribution in [2.24, 2.45) is 5.11 Å². The Balaban J connectivity index is 2.01. The maximum atomic E-state index is 14.0. The summed E-state index contributed by atoms with van der Waals surface area (Å²) in [4.78, 5) is 2.74. The Morgan fingerprint density at radius 1 is 1.24 bits per heavy atom. The van der Waals surface area contributed by atoms with Gasteiger partial charge in [0, 0.05) is 16.0 Å². The summed E-state index contributed by atoms with van der Waals surface area (Å²) >= 11 is 0. The van der Waals surface area contributed by atoms with Crippen LogP contribution in [0.3, 0.4) is 0 Å². The van der Waals surface area contributed by atoms with Gasteiger partial charge in [0.2, 0.25) is 0 Å². The number of fused-ring (bicyclic) bond motifs is 1. The van der Waals surface area contributed by atoms with Crippen LogP contribution in [0.2, 0.25) is 0 Å². The van der Waals surface area contributed by atoms with E-state index in [-0.39, 0.29) is 18.5 Å². The number of rotatable bonds is 3. The van der Waals surface area contributed by atoms with E-state index in [2.05, 4.69) is 15.3 Å². The molecular formula is C15H13FN4O. The van der Waals surface area contributed by atoms with E-state index in [4.69, 9.17) is 10.3 Å². The summed E-state index contributed by atoms with van der Waals surface area (Å²) in [5.74, 6) is 0.290. The number of hydrogen-bond acceptors (Lipinski definition) is 3. The van der Waals surface area contributed by atoms with Crippen LogP contribution in [0.15, 0.2) is 47.6 Å². The van der Waals surface area contributed by atoms with E-state index in [9.17, 15) is 4.39 Å². The van der Waals surface area contributed by atoms with E-state index < -0.39 is 0 Å². The lowest BCUT2D eigenvalue weighted by atomic mass is 10.0. The van der Waals surface area contributed by atoms with Crippen LogP contribution in [0.25, 0.3) is 21.6 Å². The molecule has 0 spiro atoms. The maximum Gasteiger partial charge on any atom is 0.150 e. The number of azide groups is 1. The van der Waals surface area contributed by atoms with Crippen molar-refractivity contribution in [3.05, 3.63) is 58.7 Å². The normalized spacial score (nSPS) is 16.1. The minimum absolute atomic E-state index is 0.231. The van der Waals surface area contributed by atoms with Crippen molar-refractivity contribution in [2.75, 3.05) is 18.4 Å². The average Bonchev–Trinajstić information content (AvgIpc) is 2.53. The molecule has 2 aromatic carbocycles. The molecule has 2 aromatic rings. The summed E-state index contributed by atoms with van der Waals surface area (Å²) in [6, 6.07) is 12.1. The highest BCUT2D eigenvalue weighted by Gasteiger charge is 2.22. The molecule has 0 bridgehead atoms. The van der Waals surface area contributed by atoms with Gasteiger partial charge in [-0.2, -0.15) is 0 Å². The molecule has 0 saturated heterocycles. The fraction of sp³-hybridized carbons (Fsp3) is 0.200. The second-order valence-electron chi connectivity index (χ2n) is 4.70. The van der Waals surface area contributed by atoms with Crippen molar-refractivity contribution in [3.63, 3.8) is 0 Å². The molecule has 0 aromatic heterocycles. The average molecular weight is 284 g/mol. The standard InChI is InChI=1S/C15H13FN4O/c16-13-6-2-1-4-11(13)12-5-3-7-14-15(12)21-10(8-18-14)9-19-20-17/h1-7,10,18H,8-9H2/t10-/m0/s1. The minimum atomic E-state index is -0.299. The smallest absolute Gasteiger partial charge is 0.150 e. The molecule has 5 nitrogen and oxygen atoms in total. The predicted molar refractivity (Wildman–Crippen MR) is 78.8 cm³/mol. The topological polar surface area (TPSA) is 70.0 Å². The number of ether oxygens (including phenoxy) is 1. The van der Waals surface area contributed by atoms with E-state index in [1.54, 1.807) is 18.2 Å². The van der Waals surface area contributed by atoms with Gasteiger partial charge in [0.05, 0.1) is 18.8 Å². The molecule has 0 saturated carbocycles. The second kappa shape index (κ2) is 5.73. The number of benzene rings is 2. The largest absolute Gasteiger partial charge is 0.486 e. The second-order valence-corrected chi connectivity index (χ2v) is 4.70. The lowest BCUT2D eigenvalue weighted by Crippen LogP contribution is -2.33. The lowest BCUT2D eigenvalue weighted by Gasteiger charge is -2.28. The lowest BCUT2D eigenvalue weighted by molar-refractivity contribution is 0.215. The first kappa shape index (κ1) is 13.3. The van der Waals surface area contributed by atoms with E-state index in [1.807, 2.05) is 18.2 Å².